The van der Waals surface area contributed by atoms with Crippen LogP contribution in [0.3, 0.4) is 0 Å². The number of carboxylic acids is 1. The lowest BCUT2D eigenvalue weighted by Gasteiger charge is -1.97. The van der Waals surface area contributed by atoms with E-state index in [1.165, 1.54) is 70.6 Å². The van der Waals surface area contributed by atoms with E-state index in [0.717, 1.165) is 0 Å². The van der Waals surface area contributed by atoms with E-state index in [4.69, 9.17) is 5.11 Å². The second-order valence-electron chi connectivity index (χ2n) is 5.15. The summed E-state index contributed by atoms with van der Waals surface area (Å²) < 4.78 is 0. The molecule has 0 amide bonds. The maximum atomic E-state index is 9.83. The number of hydrogen-bond donors (Lipinski definition) is 1. The van der Waals surface area contributed by atoms with Gasteiger partial charge < -0.3 is 5.11 Å². The summed E-state index contributed by atoms with van der Waals surface area (Å²) in [4.78, 5) is 9.83. The van der Waals surface area contributed by atoms with Crippen molar-refractivity contribution in [2.75, 3.05) is 0 Å². The fourth-order valence-corrected chi connectivity index (χ4v) is 2.10. The summed E-state index contributed by atoms with van der Waals surface area (Å²) in [6.45, 7) is 5.03. The van der Waals surface area contributed by atoms with Crippen LogP contribution in [0, 0.1) is 0 Å². The minimum Gasteiger partial charge on any atom is -0.478 e. The Morgan fingerprint density at radius 2 is 1.06 bits per heavy atom. The summed E-state index contributed by atoms with van der Waals surface area (Å²) in [5.74, 6) is -0.900. The molecule has 0 bridgehead atoms. The largest absolute Gasteiger partial charge is 0.478 e. The van der Waals surface area contributed by atoms with E-state index < -0.39 is 5.97 Å². The molecular weight excluding hydrogens is 224 g/mol. The maximum Gasteiger partial charge on any atom is 0.330 e. The third-order valence-electron chi connectivity index (χ3n) is 3.48. The van der Waals surface area contributed by atoms with Crippen LogP contribution in [0.25, 0.3) is 0 Å². The van der Waals surface area contributed by atoms with Crippen LogP contribution in [-0.4, -0.2) is 11.1 Å². The van der Waals surface area contributed by atoms with Crippen molar-refractivity contribution in [3.8, 4) is 0 Å². The Morgan fingerprint density at radius 1 is 0.833 bits per heavy atom. The van der Waals surface area contributed by atoms with Gasteiger partial charge in [0, 0.05) is 5.57 Å². The summed E-state index contributed by atoms with van der Waals surface area (Å²) in [6, 6.07) is 0. The van der Waals surface area contributed by atoms with Crippen LogP contribution in [0.1, 0.15) is 84.0 Å². The summed E-state index contributed by atoms with van der Waals surface area (Å²) in [5, 5.41) is 8.08. The number of carboxylic acid groups (broad SMARTS) is 1. The molecule has 1 N–H and O–H groups in total. The second-order valence-corrected chi connectivity index (χ2v) is 5.15. The van der Waals surface area contributed by atoms with Gasteiger partial charge in [0.2, 0.25) is 0 Å². The third-order valence-corrected chi connectivity index (χ3v) is 3.48. The lowest BCUT2D eigenvalue weighted by atomic mass is 10.1. The molecule has 0 spiro atoms. The first-order valence-corrected chi connectivity index (χ1v) is 7.59. The van der Waals surface area contributed by atoms with E-state index in [9.17, 15) is 4.79 Å². The zero-order valence-corrected chi connectivity index (χ0v) is 12.0. The average molecular weight is 254 g/mol. The van der Waals surface area contributed by atoms with Crippen LogP contribution in [0.15, 0.2) is 12.2 Å². The summed E-state index contributed by atoms with van der Waals surface area (Å²) in [7, 11) is 0. The molecular formula is C16H30O2. The van der Waals surface area contributed by atoms with Crippen molar-refractivity contribution < 1.29 is 9.90 Å². The fraction of sp³-hybridized carbons (Fsp3) is 0.812. The first-order valence-electron chi connectivity index (χ1n) is 7.59. The van der Waals surface area contributed by atoms with Crippen LogP contribution in [0.2, 0.25) is 0 Å². The first kappa shape index (κ1) is 17.2. The number of carbonyl (C=O) groups is 1. The highest BCUT2D eigenvalue weighted by molar-refractivity contribution is 5.85. The Bertz CT molecular complexity index is 183. The average Bonchev–Trinajstić information content (AvgIpc) is 2.44. The first-order chi connectivity index (χ1) is 8.68. The molecule has 0 unspecified atom stereocenters. The highest BCUT2D eigenvalue weighted by Gasteiger charge is 1.97. The lowest BCUT2D eigenvalue weighted by molar-refractivity contribution is -0.132. The molecule has 106 valence electrons. The molecule has 0 aliphatic heterocycles. The molecule has 1 rings (SSSR count). The highest BCUT2D eigenvalue weighted by atomic mass is 16.4. The molecule has 1 aliphatic carbocycles. The van der Waals surface area contributed by atoms with Crippen molar-refractivity contribution in [1.29, 1.82) is 0 Å². The van der Waals surface area contributed by atoms with Gasteiger partial charge in [-0.15, -0.1) is 0 Å². The maximum absolute atomic E-state index is 9.83. The van der Waals surface area contributed by atoms with Crippen LogP contribution in [0.5, 0.6) is 0 Å². The molecule has 2 heteroatoms. The molecule has 0 aromatic rings. The fourth-order valence-electron chi connectivity index (χ4n) is 2.10. The van der Waals surface area contributed by atoms with Crippen LogP contribution < -0.4 is 0 Å². The van der Waals surface area contributed by atoms with Crippen molar-refractivity contribution in [3.63, 3.8) is 0 Å². The van der Waals surface area contributed by atoms with E-state index in [1.54, 1.807) is 6.92 Å². The van der Waals surface area contributed by atoms with Gasteiger partial charge in [-0.25, -0.2) is 4.79 Å². The molecule has 2 nitrogen and oxygen atoms in total. The zero-order valence-electron chi connectivity index (χ0n) is 12.0. The topological polar surface area (TPSA) is 37.3 Å². The lowest BCUT2D eigenvalue weighted by Crippen LogP contribution is -1.95. The zero-order chi connectivity index (χ0) is 13.6. The van der Waals surface area contributed by atoms with Gasteiger partial charge in [-0.3, -0.25) is 0 Å². The number of aliphatic carboxylic acids is 1. The molecule has 0 heterocycles. The molecule has 1 fully saturated rings. The Morgan fingerprint density at radius 3 is 1.11 bits per heavy atom. The van der Waals surface area contributed by atoms with Crippen LogP contribution in [-0.2, 0) is 4.79 Å². The Labute approximate surface area is 112 Å². The van der Waals surface area contributed by atoms with Crippen LogP contribution in [0.4, 0.5) is 0 Å². The molecule has 0 aromatic carbocycles. The Balaban J connectivity index is 0.000000360. The van der Waals surface area contributed by atoms with E-state index in [2.05, 4.69) is 6.58 Å². The van der Waals surface area contributed by atoms with Crippen molar-refractivity contribution in [2.24, 2.45) is 0 Å². The minimum absolute atomic E-state index is 0.264. The minimum atomic E-state index is -0.900. The molecule has 18 heavy (non-hydrogen) atoms. The van der Waals surface area contributed by atoms with Crippen molar-refractivity contribution >= 4 is 5.97 Å². The van der Waals surface area contributed by atoms with Gasteiger partial charge in [0.1, 0.15) is 0 Å². The summed E-state index contributed by atoms with van der Waals surface area (Å²) in [6.07, 6.45) is 17.0. The predicted molar refractivity (Wildman–Crippen MR) is 77.9 cm³/mol. The van der Waals surface area contributed by atoms with E-state index in [-0.39, 0.29) is 5.57 Å². The van der Waals surface area contributed by atoms with E-state index >= 15 is 0 Å². The van der Waals surface area contributed by atoms with E-state index in [1.807, 2.05) is 0 Å². The standard InChI is InChI=1S/C11H22.C5H8O2/c1-2-4-6-8-10-11-9-7-5-3-1;1-3-4(2)5(6)7/h1-11H2;2-3H2,1H3,(H,6,7). The molecule has 0 saturated heterocycles. The number of rotatable bonds is 2. The van der Waals surface area contributed by atoms with Gasteiger partial charge >= 0.3 is 5.97 Å². The van der Waals surface area contributed by atoms with Gasteiger partial charge in [-0.1, -0.05) is 84.1 Å². The highest BCUT2D eigenvalue weighted by Crippen LogP contribution is 2.15. The van der Waals surface area contributed by atoms with Gasteiger partial charge in [-0.2, -0.15) is 0 Å². The van der Waals surface area contributed by atoms with Crippen LogP contribution >= 0.6 is 0 Å². The third kappa shape index (κ3) is 11.7. The molecule has 1 saturated carbocycles. The quantitative estimate of drug-likeness (QED) is 0.676. The summed E-state index contributed by atoms with van der Waals surface area (Å²) >= 11 is 0. The van der Waals surface area contributed by atoms with Gasteiger partial charge in [0.25, 0.3) is 0 Å². The molecule has 0 atom stereocenters. The van der Waals surface area contributed by atoms with Gasteiger partial charge in [-0.05, 0) is 6.42 Å². The Kier molecular flexibility index (Phi) is 12.1. The van der Waals surface area contributed by atoms with E-state index in [0.29, 0.717) is 6.42 Å². The van der Waals surface area contributed by atoms with Gasteiger partial charge in [0.15, 0.2) is 0 Å². The van der Waals surface area contributed by atoms with Crippen molar-refractivity contribution in [1.82, 2.24) is 0 Å². The molecule has 0 radical (unpaired) electrons. The number of hydrogen-bond acceptors (Lipinski definition) is 1. The molecule has 0 aromatic heterocycles. The second kappa shape index (κ2) is 12.7. The summed E-state index contributed by atoms with van der Waals surface area (Å²) in [5.41, 5.74) is 0.264. The normalized spacial score (nSPS) is 17.8. The predicted octanol–water partition coefficient (Wildman–Crippen LogP) is 5.33. The van der Waals surface area contributed by atoms with Crippen molar-refractivity contribution in [3.05, 3.63) is 12.2 Å². The SMILES string of the molecule is C1CCCCCCCCCC1.C=C(CC)C(=O)O. The van der Waals surface area contributed by atoms with Crippen molar-refractivity contribution in [2.45, 2.75) is 84.0 Å². The van der Waals surface area contributed by atoms with Gasteiger partial charge in [0.05, 0.1) is 0 Å². The molecule has 1 aliphatic rings. The Hall–Kier alpha value is -0.790. The monoisotopic (exact) mass is 254 g/mol. The smallest absolute Gasteiger partial charge is 0.330 e.